The summed E-state index contributed by atoms with van der Waals surface area (Å²) in [5.41, 5.74) is 21.5. The van der Waals surface area contributed by atoms with Gasteiger partial charge in [-0.3, -0.25) is 0 Å². The standard InChI is InChI=1S/C66H44B2N4O2/c1-7-23-45(24-8-1)69(46-25-9-2-10-26-46)51-39-55-53-35-19-21-37-63(53)73-67-57-43-58-60(44-59(57)71(61(41-51)65(55)67)49-31-15-5-16-32-49)72(50-33-17-6-18-34-50)62-42-52(40-56-54-36-20-22-38-64(54)74-68(58)66(56)62)70(47-27-11-3-12-28-47)48-29-13-4-14-30-48/h1-44H. The van der Waals surface area contributed by atoms with Gasteiger partial charge >= 0.3 is 13.8 Å². The fourth-order valence-corrected chi connectivity index (χ4v) is 11.9. The molecule has 0 saturated carbocycles. The van der Waals surface area contributed by atoms with Gasteiger partial charge in [0.2, 0.25) is 0 Å². The Morgan fingerprint density at radius 2 is 0.595 bits per heavy atom. The van der Waals surface area contributed by atoms with Gasteiger partial charge in [-0.05, 0) is 137 Å². The molecule has 0 amide bonds. The third kappa shape index (κ3) is 6.62. The highest BCUT2D eigenvalue weighted by molar-refractivity contribution is 6.89. The van der Waals surface area contributed by atoms with Gasteiger partial charge in [0, 0.05) is 90.3 Å². The van der Waals surface area contributed by atoms with Gasteiger partial charge in [-0.1, -0.05) is 152 Å². The second kappa shape index (κ2) is 17.0. The molecule has 346 valence electrons. The van der Waals surface area contributed by atoms with Crippen molar-refractivity contribution in [1.29, 1.82) is 0 Å². The number of anilines is 12. The summed E-state index contributed by atoms with van der Waals surface area (Å²) in [4.78, 5) is 9.66. The highest BCUT2D eigenvalue weighted by Gasteiger charge is 2.48. The van der Waals surface area contributed by atoms with E-state index in [1.165, 1.54) is 0 Å². The topological polar surface area (TPSA) is 31.4 Å². The zero-order chi connectivity index (χ0) is 48.7. The minimum atomic E-state index is -0.430. The number of benzene rings is 11. The van der Waals surface area contributed by atoms with Crippen molar-refractivity contribution in [1.82, 2.24) is 0 Å². The maximum absolute atomic E-state index is 7.38. The summed E-state index contributed by atoms with van der Waals surface area (Å²) in [6.07, 6.45) is 0. The Labute approximate surface area is 431 Å². The Morgan fingerprint density at radius 3 is 0.959 bits per heavy atom. The molecule has 74 heavy (non-hydrogen) atoms. The van der Waals surface area contributed by atoms with Gasteiger partial charge in [0.05, 0.1) is 0 Å². The third-order valence-corrected chi connectivity index (χ3v) is 15.0. The zero-order valence-corrected chi connectivity index (χ0v) is 40.2. The van der Waals surface area contributed by atoms with E-state index in [1.54, 1.807) is 0 Å². The first kappa shape index (κ1) is 42.1. The molecular formula is C66H44B2N4O2. The van der Waals surface area contributed by atoms with E-state index in [2.05, 4.69) is 287 Å². The molecule has 0 N–H and O–H groups in total. The quantitative estimate of drug-likeness (QED) is 0.141. The highest BCUT2D eigenvalue weighted by atomic mass is 16.4. The van der Waals surface area contributed by atoms with Gasteiger partial charge in [0.1, 0.15) is 11.5 Å². The van der Waals surface area contributed by atoms with Crippen LogP contribution < -0.4 is 50.8 Å². The lowest BCUT2D eigenvalue weighted by Crippen LogP contribution is -2.61. The van der Waals surface area contributed by atoms with Crippen LogP contribution in [0.15, 0.2) is 267 Å². The Hall–Kier alpha value is -9.65. The molecule has 0 aliphatic carbocycles. The van der Waals surface area contributed by atoms with Gasteiger partial charge in [-0.25, -0.2) is 0 Å². The van der Waals surface area contributed by atoms with Crippen molar-refractivity contribution < 1.29 is 9.31 Å². The molecule has 8 heteroatoms. The van der Waals surface area contributed by atoms with Crippen LogP contribution in [0.4, 0.5) is 68.2 Å². The van der Waals surface area contributed by atoms with Gasteiger partial charge < -0.3 is 28.9 Å². The van der Waals surface area contributed by atoms with Crippen LogP contribution >= 0.6 is 0 Å². The molecule has 11 aromatic rings. The van der Waals surface area contributed by atoms with Crippen LogP contribution in [0, 0.1) is 0 Å². The van der Waals surface area contributed by atoms with Crippen molar-refractivity contribution in [2.75, 3.05) is 19.6 Å². The number of rotatable bonds is 8. The van der Waals surface area contributed by atoms with Crippen LogP contribution in [0.3, 0.4) is 0 Å². The zero-order valence-electron chi connectivity index (χ0n) is 40.2. The number of hydrogen-bond acceptors (Lipinski definition) is 6. The molecule has 0 bridgehead atoms. The first-order valence-corrected chi connectivity index (χ1v) is 25.3. The van der Waals surface area contributed by atoms with E-state index in [0.29, 0.717) is 0 Å². The summed E-state index contributed by atoms with van der Waals surface area (Å²) >= 11 is 0. The van der Waals surface area contributed by atoms with Crippen LogP contribution in [0.1, 0.15) is 0 Å². The number of para-hydroxylation sites is 8. The van der Waals surface area contributed by atoms with E-state index in [9.17, 15) is 0 Å². The third-order valence-electron chi connectivity index (χ3n) is 15.0. The lowest BCUT2D eigenvalue weighted by molar-refractivity contribution is 0.589. The first-order valence-electron chi connectivity index (χ1n) is 25.3. The molecule has 4 aliphatic rings. The van der Waals surface area contributed by atoms with Gasteiger partial charge in [-0.2, -0.15) is 0 Å². The van der Waals surface area contributed by atoms with Crippen LogP contribution in [-0.4, -0.2) is 13.8 Å². The molecular weight excluding hydrogens is 902 g/mol. The summed E-state index contributed by atoms with van der Waals surface area (Å²) in [5.74, 6) is 1.71. The fourth-order valence-electron chi connectivity index (χ4n) is 11.9. The van der Waals surface area contributed by atoms with Crippen molar-refractivity contribution in [2.24, 2.45) is 0 Å². The van der Waals surface area contributed by atoms with E-state index in [4.69, 9.17) is 9.31 Å². The predicted octanol–water partition coefficient (Wildman–Crippen LogP) is 14.5. The monoisotopic (exact) mass is 946 g/mol. The summed E-state index contributed by atoms with van der Waals surface area (Å²) in [6, 6.07) is 95.6. The Bertz CT molecular complexity index is 3610. The first-order chi connectivity index (χ1) is 36.7. The number of nitrogens with zero attached hydrogens (tertiary/aromatic N) is 4. The van der Waals surface area contributed by atoms with Gasteiger partial charge in [0.25, 0.3) is 0 Å². The normalized spacial score (nSPS) is 13.0. The predicted molar refractivity (Wildman–Crippen MR) is 307 cm³/mol. The molecule has 11 aromatic carbocycles. The molecule has 0 unspecified atom stereocenters. The Kier molecular flexibility index (Phi) is 9.67. The van der Waals surface area contributed by atoms with E-state index >= 15 is 0 Å². The molecule has 4 heterocycles. The van der Waals surface area contributed by atoms with Crippen LogP contribution in [-0.2, 0) is 0 Å². The van der Waals surface area contributed by atoms with Crippen LogP contribution in [0.5, 0.6) is 11.5 Å². The molecule has 0 aromatic heterocycles. The van der Waals surface area contributed by atoms with E-state index in [0.717, 1.165) is 124 Å². The van der Waals surface area contributed by atoms with Crippen molar-refractivity contribution in [3.63, 3.8) is 0 Å². The van der Waals surface area contributed by atoms with E-state index in [-0.39, 0.29) is 0 Å². The van der Waals surface area contributed by atoms with Crippen molar-refractivity contribution >= 4 is 104 Å². The van der Waals surface area contributed by atoms with Crippen LogP contribution in [0.25, 0.3) is 22.3 Å². The second-order valence-corrected chi connectivity index (χ2v) is 19.2. The molecule has 15 rings (SSSR count). The maximum Gasteiger partial charge on any atom is 0.431 e. The Morgan fingerprint density at radius 1 is 0.270 bits per heavy atom. The Balaban J connectivity index is 1.02. The molecule has 0 atom stereocenters. The van der Waals surface area contributed by atoms with Crippen molar-refractivity contribution in [3.05, 3.63) is 267 Å². The van der Waals surface area contributed by atoms with Crippen molar-refractivity contribution in [2.45, 2.75) is 0 Å². The van der Waals surface area contributed by atoms with E-state index < -0.39 is 13.8 Å². The van der Waals surface area contributed by atoms with E-state index in [1.807, 2.05) is 0 Å². The maximum atomic E-state index is 7.38. The minimum absolute atomic E-state index is 0.430. The molecule has 0 fully saturated rings. The van der Waals surface area contributed by atoms with Crippen molar-refractivity contribution in [3.8, 4) is 33.8 Å². The molecule has 6 nitrogen and oxygen atoms in total. The number of hydrogen-bond donors (Lipinski definition) is 0. The van der Waals surface area contributed by atoms with Crippen LogP contribution in [0.2, 0.25) is 0 Å². The summed E-state index contributed by atoms with van der Waals surface area (Å²) in [6.45, 7) is -0.860. The van der Waals surface area contributed by atoms with Gasteiger partial charge in [-0.15, -0.1) is 0 Å². The minimum Gasteiger partial charge on any atom is -0.551 e. The lowest BCUT2D eigenvalue weighted by Gasteiger charge is -2.44. The average molecular weight is 947 g/mol. The largest absolute Gasteiger partial charge is 0.551 e. The fraction of sp³-hybridized carbons (Fsp3) is 0. The molecule has 0 spiro atoms. The average Bonchev–Trinajstić information content (AvgIpc) is 3.48. The summed E-state index contributed by atoms with van der Waals surface area (Å²) < 4.78 is 14.8. The summed E-state index contributed by atoms with van der Waals surface area (Å²) in [5, 5.41) is 0. The highest BCUT2D eigenvalue weighted by Crippen LogP contribution is 2.51. The molecule has 4 aliphatic heterocycles. The number of fused-ring (bicyclic) bond motifs is 8. The lowest BCUT2D eigenvalue weighted by atomic mass is 9.45. The van der Waals surface area contributed by atoms with Gasteiger partial charge in [0.15, 0.2) is 0 Å². The SMILES string of the molecule is c1ccc(N(c2ccccc2)c2cc3c4c(c2)N(c2ccccc2)c2cc5c(cc2B4Oc2ccccc2-3)B2Oc3ccccc3-c3cc(N(c4ccccc4)c4ccccc4)cc(c32)N5c2ccccc2)cc1. The second-order valence-electron chi connectivity index (χ2n) is 19.2. The smallest absolute Gasteiger partial charge is 0.431 e. The molecule has 0 radical (unpaired) electrons. The molecule has 0 saturated heterocycles. The summed E-state index contributed by atoms with van der Waals surface area (Å²) in [7, 11) is 0.